The summed E-state index contributed by atoms with van der Waals surface area (Å²) in [4.78, 5) is 52.7. The van der Waals surface area contributed by atoms with Gasteiger partial charge in [-0.05, 0) is 30.5 Å². The zero-order valence-corrected chi connectivity index (χ0v) is 18.2. The van der Waals surface area contributed by atoms with Crippen molar-refractivity contribution in [1.29, 1.82) is 0 Å². The van der Waals surface area contributed by atoms with E-state index in [0.717, 1.165) is 17.7 Å². The Kier molecular flexibility index (Phi) is 4.51. The molecule has 0 aliphatic carbocycles. The van der Waals surface area contributed by atoms with E-state index >= 15 is 0 Å². The number of hydrogen-bond acceptors (Lipinski definition) is 6. The van der Waals surface area contributed by atoms with Crippen LogP contribution in [-0.2, 0) is 49.0 Å². The summed E-state index contributed by atoms with van der Waals surface area (Å²) in [6.07, 6.45) is 0.864. The molecule has 2 aromatic rings. The maximum atomic E-state index is 13.5. The van der Waals surface area contributed by atoms with Gasteiger partial charge in [0.1, 0.15) is 6.61 Å². The van der Waals surface area contributed by atoms with Gasteiger partial charge in [0.2, 0.25) is 11.5 Å². The van der Waals surface area contributed by atoms with Crippen LogP contribution in [0, 0.1) is 5.92 Å². The van der Waals surface area contributed by atoms with Crippen LogP contribution >= 0.6 is 0 Å². The Labute approximate surface area is 184 Å². The number of rotatable bonds is 2. The molecule has 0 N–H and O–H groups in total. The number of carbonyl (C=O) groups is 3. The van der Waals surface area contributed by atoms with Crippen LogP contribution in [0.5, 0.6) is 0 Å². The van der Waals surface area contributed by atoms with E-state index in [0.29, 0.717) is 23.4 Å². The van der Waals surface area contributed by atoms with Gasteiger partial charge in [0.05, 0.1) is 11.6 Å². The van der Waals surface area contributed by atoms with E-state index in [2.05, 4.69) is 0 Å². The molecule has 8 nitrogen and oxygen atoms in total. The SMILES string of the molecule is CC[C@@]1(OC(C)=O)C(=O)OCc2c1cc1n(c2=O)CC2Cc3ccccc3N(C(C)=O)C12. The van der Waals surface area contributed by atoms with Crippen molar-refractivity contribution in [3.63, 3.8) is 0 Å². The lowest BCUT2D eigenvalue weighted by Gasteiger charge is -2.39. The largest absolute Gasteiger partial charge is 0.457 e. The van der Waals surface area contributed by atoms with Crippen molar-refractivity contribution in [3.05, 3.63) is 63.1 Å². The first kappa shape index (κ1) is 20.5. The third-order valence-corrected chi connectivity index (χ3v) is 6.88. The number of hydrogen-bond donors (Lipinski definition) is 0. The second-order valence-electron chi connectivity index (χ2n) is 8.65. The van der Waals surface area contributed by atoms with Crippen LogP contribution in [0.15, 0.2) is 35.1 Å². The second kappa shape index (κ2) is 7.05. The standard InChI is InChI=1S/C24H24N2O6/c1-4-24(32-14(3)28)18-10-20-21-16(11-25(20)22(29)17(18)12-31-23(24)30)9-15-7-5-6-8-19(15)26(21)13(2)27/h5-8,10,16,21H,4,9,11-12H2,1-3H3/t16?,21?,24-/m0/s1. The zero-order chi connectivity index (χ0) is 22.8. The molecule has 3 atom stereocenters. The van der Waals surface area contributed by atoms with Crippen molar-refractivity contribution < 1.29 is 23.9 Å². The molecule has 0 fully saturated rings. The molecule has 8 heteroatoms. The van der Waals surface area contributed by atoms with Gasteiger partial charge in [-0.1, -0.05) is 25.1 Å². The van der Waals surface area contributed by atoms with Crippen LogP contribution in [-0.4, -0.2) is 22.4 Å². The fourth-order valence-electron chi connectivity index (χ4n) is 5.57. The second-order valence-corrected chi connectivity index (χ2v) is 8.65. The molecule has 0 bridgehead atoms. The van der Waals surface area contributed by atoms with E-state index in [1.165, 1.54) is 13.8 Å². The van der Waals surface area contributed by atoms with Crippen molar-refractivity contribution in [2.24, 2.45) is 5.92 Å². The van der Waals surface area contributed by atoms with Crippen molar-refractivity contribution in [2.45, 2.75) is 58.4 Å². The summed E-state index contributed by atoms with van der Waals surface area (Å²) in [5.74, 6) is -1.41. The number of esters is 2. The number of pyridine rings is 1. The van der Waals surface area contributed by atoms with E-state index in [1.54, 1.807) is 22.5 Å². The highest BCUT2D eigenvalue weighted by Crippen LogP contribution is 2.47. The van der Waals surface area contributed by atoms with Crippen LogP contribution in [0.2, 0.25) is 0 Å². The van der Waals surface area contributed by atoms with E-state index in [9.17, 15) is 19.2 Å². The van der Waals surface area contributed by atoms with Gasteiger partial charge in [0, 0.05) is 43.3 Å². The number of amides is 1. The fourth-order valence-corrected chi connectivity index (χ4v) is 5.57. The van der Waals surface area contributed by atoms with E-state index in [-0.39, 0.29) is 36.5 Å². The van der Waals surface area contributed by atoms with E-state index < -0.39 is 17.5 Å². The Morgan fingerprint density at radius 3 is 2.66 bits per heavy atom. The number of aromatic nitrogens is 1. The zero-order valence-electron chi connectivity index (χ0n) is 18.2. The summed E-state index contributed by atoms with van der Waals surface area (Å²) in [7, 11) is 0. The summed E-state index contributed by atoms with van der Waals surface area (Å²) in [5.41, 5.74) is 1.31. The Balaban J connectivity index is 1.74. The maximum Gasteiger partial charge on any atom is 0.355 e. The topological polar surface area (TPSA) is 94.9 Å². The lowest BCUT2D eigenvalue weighted by Crippen LogP contribution is -2.47. The molecular weight excluding hydrogens is 412 g/mol. The number of para-hydroxylation sites is 1. The first-order valence-electron chi connectivity index (χ1n) is 10.8. The molecule has 0 radical (unpaired) electrons. The molecule has 5 rings (SSSR count). The summed E-state index contributed by atoms with van der Waals surface area (Å²) >= 11 is 0. The number of ether oxygens (including phenoxy) is 2. The number of nitrogens with zero attached hydrogens (tertiary/aromatic N) is 2. The summed E-state index contributed by atoms with van der Waals surface area (Å²) < 4.78 is 12.5. The Hall–Kier alpha value is -3.42. The molecule has 3 aliphatic rings. The highest BCUT2D eigenvalue weighted by molar-refractivity contribution is 5.94. The van der Waals surface area contributed by atoms with Gasteiger partial charge in [-0.25, -0.2) is 4.79 Å². The third kappa shape index (κ3) is 2.68. The Bertz CT molecular complexity index is 1230. The van der Waals surface area contributed by atoms with Crippen molar-refractivity contribution >= 4 is 23.5 Å². The molecule has 0 saturated carbocycles. The number of cyclic esters (lactones) is 1. The number of anilines is 1. The number of carbonyl (C=O) groups excluding carboxylic acids is 3. The molecule has 0 spiro atoms. The highest BCUT2D eigenvalue weighted by atomic mass is 16.6. The summed E-state index contributed by atoms with van der Waals surface area (Å²) in [6, 6.07) is 9.19. The van der Waals surface area contributed by atoms with Crippen molar-refractivity contribution in [1.82, 2.24) is 4.57 Å². The van der Waals surface area contributed by atoms with Gasteiger partial charge in [-0.15, -0.1) is 0 Å². The molecule has 2 unspecified atom stereocenters. The number of fused-ring (bicyclic) bond motifs is 5. The fraction of sp³-hybridized carbons (Fsp3) is 0.417. The minimum absolute atomic E-state index is 0.0201. The lowest BCUT2D eigenvalue weighted by molar-refractivity contribution is -0.188. The average Bonchev–Trinajstić information content (AvgIpc) is 3.12. The smallest absolute Gasteiger partial charge is 0.355 e. The molecule has 4 heterocycles. The van der Waals surface area contributed by atoms with Gasteiger partial charge in [-0.3, -0.25) is 14.4 Å². The van der Waals surface area contributed by atoms with Crippen molar-refractivity contribution in [3.8, 4) is 0 Å². The Morgan fingerprint density at radius 2 is 1.97 bits per heavy atom. The average molecular weight is 436 g/mol. The molecule has 0 saturated heterocycles. The highest BCUT2D eigenvalue weighted by Gasteiger charge is 2.52. The van der Waals surface area contributed by atoms with Gasteiger partial charge in [-0.2, -0.15) is 0 Å². The Morgan fingerprint density at radius 1 is 1.22 bits per heavy atom. The molecule has 3 aliphatic heterocycles. The minimum Gasteiger partial charge on any atom is -0.457 e. The van der Waals surface area contributed by atoms with E-state index in [4.69, 9.17) is 9.47 Å². The summed E-state index contributed by atoms with van der Waals surface area (Å²) in [5, 5.41) is 0. The predicted molar refractivity (Wildman–Crippen MR) is 114 cm³/mol. The minimum atomic E-state index is -1.67. The van der Waals surface area contributed by atoms with Crippen molar-refractivity contribution in [2.75, 3.05) is 4.90 Å². The quantitative estimate of drug-likeness (QED) is 0.671. The molecule has 166 valence electrons. The molecule has 1 aromatic carbocycles. The normalized spacial score (nSPS) is 25.2. The van der Waals surface area contributed by atoms with Gasteiger partial charge in [0.15, 0.2) is 0 Å². The van der Waals surface area contributed by atoms with E-state index in [1.807, 2.05) is 24.3 Å². The van der Waals surface area contributed by atoms with Gasteiger partial charge in [0.25, 0.3) is 5.56 Å². The van der Waals surface area contributed by atoms with Crippen LogP contribution in [0.3, 0.4) is 0 Å². The number of benzene rings is 1. The maximum absolute atomic E-state index is 13.5. The molecule has 1 aromatic heterocycles. The lowest BCUT2D eigenvalue weighted by atomic mass is 9.83. The third-order valence-electron chi connectivity index (χ3n) is 6.88. The molecule has 32 heavy (non-hydrogen) atoms. The first-order chi connectivity index (χ1) is 15.3. The summed E-state index contributed by atoms with van der Waals surface area (Å²) in [6.45, 7) is 4.76. The van der Waals surface area contributed by atoms with Gasteiger partial charge >= 0.3 is 11.9 Å². The van der Waals surface area contributed by atoms with Crippen LogP contribution in [0.25, 0.3) is 0 Å². The van der Waals surface area contributed by atoms with Gasteiger partial charge < -0.3 is 18.9 Å². The molecule has 1 amide bonds. The van der Waals surface area contributed by atoms with Crippen LogP contribution in [0.4, 0.5) is 5.69 Å². The van der Waals surface area contributed by atoms with Crippen LogP contribution in [0.1, 0.15) is 55.6 Å². The monoisotopic (exact) mass is 436 g/mol. The first-order valence-corrected chi connectivity index (χ1v) is 10.8. The predicted octanol–water partition coefficient (Wildman–Crippen LogP) is 2.35. The molecular formula is C24H24N2O6. The van der Waals surface area contributed by atoms with Crippen LogP contribution < -0.4 is 10.5 Å².